The molecule has 0 spiro atoms. The van der Waals surface area contributed by atoms with Crippen LogP contribution < -0.4 is 5.73 Å². The van der Waals surface area contributed by atoms with Crippen molar-refractivity contribution in [2.75, 3.05) is 0 Å². The molecule has 0 fully saturated rings. The van der Waals surface area contributed by atoms with E-state index in [1.807, 2.05) is 6.92 Å². The molecule has 0 radical (unpaired) electrons. The van der Waals surface area contributed by atoms with Crippen molar-refractivity contribution in [1.82, 2.24) is 0 Å². The Labute approximate surface area is 99.8 Å². The summed E-state index contributed by atoms with van der Waals surface area (Å²) in [6, 6.07) is 3.13. The van der Waals surface area contributed by atoms with Gasteiger partial charge < -0.3 is 10.8 Å². The Kier molecular flexibility index (Phi) is 4.04. The van der Waals surface area contributed by atoms with Gasteiger partial charge in [0, 0.05) is 6.42 Å². The zero-order valence-corrected chi connectivity index (χ0v) is 9.86. The minimum Gasteiger partial charge on any atom is -0.507 e. The number of primary amides is 1. The first-order chi connectivity index (χ1) is 7.91. The number of aromatic hydroxyl groups is 1. The van der Waals surface area contributed by atoms with E-state index in [2.05, 4.69) is 0 Å². The third-order valence-corrected chi connectivity index (χ3v) is 2.38. The quantitative estimate of drug-likeness (QED) is 0.778. The molecule has 0 bridgehead atoms. The average molecular weight is 233 g/mol. The predicted octanol–water partition coefficient (Wildman–Crippen LogP) is 1.79. The van der Waals surface area contributed by atoms with Crippen LogP contribution in [0.4, 0.5) is 0 Å². The third kappa shape index (κ3) is 3.45. The van der Waals surface area contributed by atoms with Crippen molar-refractivity contribution in [3.05, 3.63) is 34.9 Å². The number of rotatable bonds is 4. The first-order valence-electron chi connectivity index (χ1n) is 5.21. The van der Waals surface area contributed by atoms with Crippen LogP contribution >= 0.6 is 0 Å². The molecule has 4 nitrogen and oxygen atoms in total. The van der Waals surface area contributed by atoms with E-state index in [4.69, 9.17) is 5.73 Å². The molecular weight excluding hydrogens is 218 g/mol. The number of phenols is 1. The number of carbonyl (C=O) groups excluding carboxylic acids is 2. The number of phenolic OH excluding ortho intramolecular Hbond substituents is 1. The van der Waals surface area contributed by atoms with Gasteiger partial charge in [0.05, 0.1) is 5.56 Å². The van der Waals surface area contributed by atoms with Crippen molar-refractivity contribution in [1.29, 1.82) is 0 Å². The van der Waals surface area contributed by atoms with E-state index in [-0.39, 0.29) is 18.0 Å². The summed E-state index contributed by atoms with van der Waals surface area (Å²) in [5.41, 5.74) is 6.92. The number of nitrogens with two attached hydrogens (primary N) is 1. The molecule has 1 aromatic rings. The van der Waals surface area contributed by atoms with Gasteiger partial charge in [-0.15, -0.1) is 0 Å². The lowest BCUT2D eigenvalue weighted by Gasteiger charge is -2.06. The Morgan fingerprint density at radius 3 is 2.59 bits per heavy atom. The van der Waals surface area contributed by atoms with Crippen molar-refractivity contribution >= 4 is 17.8 Å². The Bertz CT molecular complexity index is 490. The van der Waals surface area contributed by atoms with Crippen LogP contribution in [0.1, 0.15) is 34.8 Å². The van der Waals surface area contributed by atoms with Crippen LogP contribution in [0, 0.1) is 6.92 Å². The summed E-state index contributed by atoms with van der Waals surface area (Å²) in [6.07, 6.45) is 3.47. The maximum Gasteiger partial charge on any atom is 0.221 e. The van der Waals surface area contributed by atoms with Crippen molar-refractivity contribution in [3.8, 4) is 5.75 Å². The summed E-state index contributed by atoms with van der Waals surface area (Å²) in [5.74, 6) is -0.649. The van der Waals surface area contributed by atoms with Gasteiger partial charge in [-0.1, -0.05) is 12.2 Å². The summed E-state index contributed by atoms with van der Waals surface area (Å²) in [7, 11) is 0. The second-order valence-electron chi connectivity index (χ2n) is 3.85. The molecule has 0 unspecified atom stereocenters. The van der Waals surface area contributed by atoms with Gasteiger partial charge in [-0.3, -0.25) is 9.59 Å². The Morgan fingerprint density at radius 2 is 2.06 bits per heavy atom. The standard InChI is InChI=1S/C13H15NO3/c1-8-6-11(9(2)15)12(16)7-10(8)4-3-5-13(14)17/h3-4,6-7,16H,5H2,1-2H3,(H2,14,17). The van der Waals surface area contributed by atoms with Gasteiger partial charge in [0.2, 0.25) is 5.91 Å². The highest BCUT2D eigenvalue weighted by molar-refractivity contribution is 5.97. The van der Waals surface area contributed by atoms with E-state index in [9.17, 15) is 14.7 Å². The number of amides is 1. The Morgan fingerprint density at radius 1 is 1.41 bits per heavy atom. The van der Waals surface area contributed by atoms with Crippen LogP contribution in [0.3, 0.4) is 0 Å². The van der Waals surface area contributed by atoms with Gasteiger partial charge in [-0.25, -0.2) is 0 Å². The molecular formula is C13H15NO3. The van der Waals surface area contributed by atoms with E-state index in [0.717, 1.165) is 11.1 Å². The van der Waals surface area contributed by atoms with Crippen LogP contribution in [0.25, 0.3) is 6.08 Å². The van der Waals surface area contributed by atoms with Crippen LogP contribution in [-0.4, -0.2) is 16.8 Å². The topological polar surface area (TPSA) is 80.4 Å². The summed E-state index contributed by atoms with van der Waals surface area (Å²) in [5, 5.41) is 9.65. The van der Waals surface area contributed by atoms with E-state index in [0.29, 0.717) is 5.56 Å². The van der Waals surface area contributed by atoms with Crippen molar-refractivity contribution < 1.29 is 14.7 Å². The zero-order chi connectivity index (χ0) is 13.0. The van der Waals surface area contributed by atoms with Crippen LogP contribution in [0.15, 0.2) is 18.2 Å². The molecule has 0 saturated heterocycles. The first kappa shape index (κ1) is 13.0. The highest BCUT2D eigenvalue weighted by atomic mass is 16.3. The third-order valence-electron chi connectivity index (χ3n) is 2.38. The fourth-order valence-electron chi connectivity index (χ4n) is 1.48. The molecule has 4 heteroatoms. The average Bonchev–Trinajstić information content (AvgIpc) is 2.21. The smallest absolute Gasteiger partial charge is 0.221 e. The monoisotopic (exact) mass is 233 g/mol. The number of carbonyl (C=O) groups is 2. The lowest BCUT2D eigenvalue weighted by molar-refractivity contribution is -0.117. The van der Waals surface area contributed by atoms with Crippen molar-refractivity contribution in [3.63, 3.8) is 0 Å². The minimum atomic E-state index is -0.413. The molecule has 1 aromatic carbocycles. The molecule has 0 saturated carbocycles. The van der Waals surface area contributed by atoms with Crippen LogP contribution in [0.2, 0.25) is 0 Å². The number of aryl methyl sites for hydroxylation is 1. The SMILES string of the molecule is CC(=O)c1cc(C)c(C=CCC(N)=O)cc1O. The normalized spacial score (nSPS) is 10.7. The van der Waals surface area contributed by atoms with Gasteiger partial charge in [-0.05, 0) is 37.1 Å². The van der Waals surface area contributed by atoms with Gasteiger partial charge in [-0.2, -0.15) is 0 Å². The van der Waals surface area contributed by atoms with E-state index < -0.39 is 5.91 Å². The number of hydrogen-bond acceptors (Lipinski definition) is 3. The summed E-state index contributed by atoms with van der Waals surface area (Å²) in [6.45, 7) is 3.23. The molecule has 0 aliphatic carbocycles. The van der Waals surface area contributed by atoms with Gasteiger partial charge in [0.15, 0.2) is 5.78 Å². The molecule has 1 amide bonds. The fraction of sp³-hybridized carbons (Fsp3) is 0.231. The van der Waals surface area contributed by atoms with E-state index in [1.165, 1.54) is 13.0 Å². The zero-order valence-electron chi connectivity index (χ0n) is 9.86. The predicted molar refractivity (Wildman–Crippen MR) is 65.7 cm³/mol. The maximum atomic E-state index is 11.2. The lowest BCUT2D eigenvalue weighted by Crippen LogP contribution is -2.07. The van der Waals surface area contributed by atoms with Crippen molar-refractivity contribution in [2.24, 2.45) is 5.73 Å². The molecule has 1 rings (SSSR count). The lowest BCUT2D eigenvalue weighted by atomic mass is 10.0. The van der Waals surface area contributed by atoms with Crippen LogP contribution in [-0.2, 0) is 4.79 Å². The number of ketones is 1. The fourth-order valence-corrected chi connectivity index (χ4v) is 1.48. The molecule has 0 heterocycles. The minimum absolute atomic E-state index is 0.0539. The number of Topliss-reactive ketones (excluding diaryl/α,β-unsaturated/α-hetero) is 1. The molecule has 0 aromatic heterocycles. The Hall–Kier alpha value is -2.10. The molecule has 0 aliphatic rings. The van der Waals surface area contributed by atoms with Gasteiger partial charge >= 0.3 is 0 Å². The summed E-state index contributed by atoms with van der Waals surface area (Å²) in [4.78, 5) is 21.8. The molecule has 0 aliphatic heterocycles. The first-order valence-corrected chi connectivity index (χ1v) is 5.21. The second kappa shape index (κ2) is 5.30. The van der Waals surface area contributed by atoms with Crippen LogP contribution in [0.5, 0.6) is 5.75 Å². The molecule has 17 heavy (non-hydrogen) atoms. The summed E-state index contributed by atoms with van der Waals surface area (Å²) >= 11 is 0. The second-order valence-corrected chi connectivity index (χ2v) is 3.85. The molecule has 90 valence electrons. The largest absolute Gasteiger partial charge is 0.507 e. The van der Waals surface area contributed by atoms with Gasteiger partial charge in [0.1, 0.15) is 5.75 Å². The number of hydrogen-bond donors (Lipinski definition) is 2. The Balaban J connectivity index is 3.03. The highest BCUT2D eigenvalue weighted by Gasteiger charge is 2.08. The van der Waals surface area contributed by atoms with Crippen molar-refractivity contribution in [2.45, 2.75) is 20.3 Å². The maximum absolute atomic E-state index is 11.2. The van der Waals surface area contributed by atoms with Gasteiger partial charge in [0.25, 0.3) is 0 Å². The molecule has 0 atom stereocenters. The highest BCUT2D eigenvalue weighted by Crippen LogP contribution is 2.23. The molecule has 3 N–H and O–H groups in total. The van der Waals surface area contributed by atoms with E-state index >= 15 is 0 Å². The van der Waals surface area contributed by atoms with E-state index in [1.54, 1.807) is 18.2 Å². The number of benzene rings is 1. The summed E-state index contributed by atoms with van der Waals surface area (Å²) < 4.78 is 0.